The minimum atomic E-state index is 0. The molecule has 2 rings (SSSR count). The van der Waals surface area contributed by atoms with Crippen molar-refractivity contribution in [2.75, 3.05) is 0 Å². The van der Waals surface area contributed by atoms with Gasteiger partial charge in [0.1, 0.15) is 0 Å². The third-order valence-electron chi connectivity index (χ3n) is 1.74. The maximum absolute atomic E-state index is 2.28. The smallest absolute Gasteiger partial charge is 0 e. The fourth-order valence-corrected chi connectivity index (χ4v) is 2.44. The van der Waals surface area contributed by atoms with Gasteiger partial charge in [-0.25, -0.2) is 12.1 Å². The zero-order chi connectivity index (χ0) is 11.1. The van der Waals surface area contributed by atoms with Crippen LogP contribution in [0.15, 0.2) is 54.6 Å². The minimum Gasteiger partial charge on any atom is -0.748 e. The van der Waals surface area contributed by atoms with E-state index in [1.165, 1.54) is 5.30 Å². The van der Waals surface area contributed by atoms with Crippen LogP contribution in [0.5, 0.6) is 0 Å². The maximum atomic E-state index is 2.28. The predicted octanol–water partition coefficient (Wildman–Crippen LogP) is 3.91. The van der Waals surface area contributed by atoms with Crippen molar-refractivity contribution in [3.05, 3.63) is 54.6 Å². The molecule has 0 aliphatic heterocycles. The SMILES string of the molecule is CC(C)(C)P[c-]1cccc1.[Fe].[cH-]1[cH-][cH-][cH-][cH-]1. The van der Waals surface area contributed by atoms with Crippen molar-refractivity contribution in [1.29, 1.82) is 0 Å². The molecule has 2 aromatic rings. The van der Waals surface area contributed by atoms with Crippen molar-refractivity contribution >= 4 is 13.9 Å². The molecule has 0 saturated heterocycles. The van der Waals surface area contributed by atoms with Gasteiger partial charge >= 0.3 is 0 Å². The third kappa shape index (κ3) is 7.88. The van der Waals surface area contributed by atoms with Crippen LogP contribution in [0.4, 0.5) is 0 Å². The van der Waals surface area contributed by atoms with Crippen LogP contribution < -0.4 is 5.30 Å². The van der Waals surface area contributed by atoms with Gasteiger partial charge < -0.3 is 30.3 Å². The van der Waals surface area contributed by atoms with Crippen LogP contribution in [-0.4, -0.2) is 5.16 Å². The number of hydrogen-bond acceptors (Lipinski definition) is 0. The van der Waals surface area contributed by atoms with Crippen LogP contribution in [0.2, 0.25) is 0 Å². The van der Waals surface area contributed by atoms with Crippen molar-refractivity contribution in [2.24, 2.45) is 0 Å². The van der Waals surface area contributed by atoms with Gasteiger partial charge in [0, 0.05) is 17.1 Å². The van der Waals surface area contributed by atoms with E-state index < -0.39 is 0 Å². The Labute approximate surface area is 111 Å². The second-order valence-electron chi connectivity index (χ2n) is 4.51. The molecular weight excluding hydrogens is 255 g/mol. The normalized spacial score (nSPS) is 10.7. The standard InChI is InChI=1S/C9H14P.C5H5.Fe/c1-9(2,3)10-8-6-4-5-7-8;1-2-4-5-3-1;/h4-7,10H,1-3H3;1-5H;/q-1;-5;. The summed E-state index contributed by atoms with van der Waals surface area (Å²) in [4.78, 5) is 0. The van der Waals surface area contributed by atoms with Gasteiger partial charge in [0.15, 0.2) is 0 Å². The van der Waals surface area contributed by atoms with Crippen LogP contribution in [0, 0.1) is 0 Å². The Hall–Kier alpha value is -0.351. The minimum absolute atomic E-state index is 0. The summed E-state index contributed by atoms with van der Waals surface area (Å²) in [7, 11) is 0.938. The second kappa shape index (κ2) is 7.85. The molecule has 94 valence electrons. The Morgan fingerprint density at radius 2 is 1.25 bits per heavy atom. The van der Waals surface area contributed by atoms with Gasteiger partial charge in [0.2, 0.25) is 0 Å². The summed E-state index contributed by atoms with van der Waals surface area (Å²) in [5, 5.41) is 1.93. The van der Waals surface area contributed by atoms with Crippen LogP contribution >= 0.6 is 8.58 Å². The van der Waals surface area contributed by atoms with E-state index in [1.54, 1.807) is 0 Å². The van der Waals surface area contributed by atoms with Crippen molar-refractivity contribution < 1.29 is 17.1 Å². The van der Waals surface area contributed by atoms with Crippen LogP contribution in [0.1, 0.15) is 20.8 Å². The molecule has 0 bridgehead atoms. The Morgan fingerprint density at radius 3 is 1.56 bits per heavy atom. The Kier molecular flexibility index (Phi) is 7.68. The first-order chi connectivity index (χ1) is 7.08. The molecule has 0 aliphatic rings. The van der Waals surface area contributed by atoms with Crippen LogP contribution in [-0.2, 0) is 17.1 Å². The number of hydrogen-bond donors (Lipinski definition) is 0. The molecule has 0 amide bonds. The van der Waals surface area contributed by atoms with Crippen molar-refractivity contribution in [1.82, 2.24) is 0 Å². The monoisotopic (exact) mass is 274 g/mol. The van der Waals surface area contributed by atoms with Crippen LogP contribution in [0.25, 0.3) is 0 Å². The van der Waals surface area contributed by atoms with E-state index >= 15 is 0 Å². The largest absolute Gasteiger partial charge is 0.748 e. The topological polar surface area (TPSA) is 0 Å². The van der Waals surface area contributed by atoms with Crippen molar-refractivity contribution in [3.63, 3.8) is 0 Å². The first-order valence-corrected chi connectivity index (χ1v) is 6.24. The zero-order valence-electron chi connectivity index (χ0n) is 10.0. The molecule has 0 aromatic heterocycles. The van der Waals surface area contributed by atoms with Gasteiger partial charge in [-0.2, -0.15) is 12.1 Å². The molecule has 1 unspecified atom stereocenters. The van der Waals surface area contributed by atoms with Gasteiger partial charge in [0.25, 0.3) is 0 Å². The quantitative estimate of drug-likeness (QED) is 0.420. The van der Waals surface area contributed by atoms with Gasteiger partial charge in [-0.15, -0.1) is 13.9 Å². The van der Waals surface area contributed by atoms with Gasteiger partial charge in [-0.3, -0.25) is 0 Å². The van der Waals surface area contributed by atoms with E-state index in [1.807, 2.05) is 30.3 Å². The summed E-state index contributed by atoms with van der Waals surface area (Å²) in [5.74, 6) is 0. The molecule has 2 aromatic carbocycles. The Bertz CT molecular complexity index is 310. The molecule has 0 radical (unpaired) electrons. The molecule has 0 nitrogen and oxygen atoms in total. The molecule has 16 heavy (non-hydrogen) atoms. The Morgan fingerprint density at radius 1 is 0.875 bits per heavy atom. The molecule has 0 aliphatic carbocycles. The maximum Gasteiger partial charge on any atom is 0 e. The summed E-state index contributed by atoms with van der Waals surface area (Å²) in [6.45, 7) is 6.83. The summed E-state index contributed by atoms with van der Waals surface area (Å²) in [6, 6.07) is 18.6. The first kappa shape index (κ1) is 15.6. The van der Waals surface area contributed by atoms with E-state index in [-0.39, 0.29) is 17.1 Å². The van der Waals surface area contributed by atoms with Gasteiger partial charge in [0.05, 0.1) is 0 Å². The first-order valence-electron chi connectivity index (χ1n) is 5.24. The molecule has 0 N–H and O–H groups in total. The Balaban J connectivity index is 0.000000318. The van der Waals surface area contributed by atoms with Gasteiger partial charge in [-0.1, -0.05) is 20.8 Å². The predicted molar refractivity (Wildman–Crippen MR) is 71.8 cm³/mol. The summed E-state index contributed by atoms with van der Waals surface area (Å²) < 4.78 is 0. The molecule has 0 heterocycles. The second-order valence-corrected chi connectivity index (χ2v) is 6.84. The summed E-state index contributed by atoms with van der Waals surface area (Å²) >= 11 is 0. The van der Waals surface area contributed by atoms with Crippen molar-refractivity contribution in [2.45, 2.75) is 25.9 Å². The molecule has 2 heteroatoms. The van der Waals surface area contributed by atoms with E-state index in [9.17, 15) is 0 Å². The van der Waals surface area contributed by atoms with Crippen LogP contribution in [0.3, 0.4) is 0 Å². The summed E-state index contributed by atoms with van der Waals surface area (Å²) in [6.07, 6.45) is 0. The molecule has 1 atom stereocenters. The van der Waals surface area contributed by atoms with E-state index in [2.05, 4.69) is 45.0 Å². The molecular formula is C14H19FeP-6. The fraction of sp³-hybridized carbons (Fsp3) is 0.286. The molecule has 0 spiro atoms. The third-order valence-corrected chi connectivity index (χ3v) is 3.11. The average molecular weight is 274 g/mol. The molecule has 0 saturated carbocycles. The average Bonchev–Trinajstić information content (AvgIpc) is 2.71. The summed E-state index contributed by atoms with van der Waals surface area (Å²) in [5.41, 5.74) is 0. The van der Waals surface area contributed by atoms with Gasteiger partial charge in [-0.05, 0) is 5.16 Å². The zero-order valence-corrected chi connectivity index (χ0v) is 12.2. The fourth-order valence-electron chi connectivity index (χ4n) is 1.21. The molecule has 0 fully saturated rings. The van der Waals surface area contributed by atoms with E-state index in [0.29, 0.717) is 5.16 Å². The van der Waals surface area contributed by atoms with E-state index in [0.717, 1.165) is 8.58 Å². The van der Waals surface area contributed by atoms with E-state index in [4.69, 9.17) is 0 Å². The van der Waals surface area contributed by atoms with Crippen molar-refractivity contribution in [3.8, 4) is 0 Å². The number of rotatable bonds is 1.